The summed E-state index contributed by atoms with van der Waals surface area (Å²) in [5.74, 6) is 0.234. The summed E-state index contributed by atoms with van der Waals surface area (Å²) in [5.41, 5.74) is -0.0391. The molecule has 0 aromatic carbocycles. The lowest BCUT2D eigenvalue weighted by atomic mass is 10.0. The van der Waals surface area contributed by atoms with Gasteiger partial charge in [-0.3, -0.25) is 9.59 Å². The Morgan fingerprint density at radius 2 is 1.89 bits per heavy atom. The summed E-state index contributed by atoms with van der Waals surface area (Å²) in [4.78, 5) is 25.9. The predicted molar refractivity (Wildman–Crippen MR) is 65.7 cm³/mol. The molecule has 1 heterocycles. The Hall–Kier alpha value is -1.39. The Kier molecular flexibility index (Phi) is 2.87. The number of ether oxygens (including phenoxy) is 1. The standard InChI is InChI=1S/C14H18FNO3/c1-19-13(18)14(2-3-14)12(17)16-7-10-4-9(6-15)5-11(10)8-16/h6,10-11H,2-5,7-8H2,1H3. The van der Waals surface area contributed by atoms with Crippen LogP contribution in [0.5, 0.6) is 0 Å². The molecule has 0 bridgehead atoms. The molecular formula is C14H18FNO3. The normalized spacial score (nSPS) is 31.1. The van der Waals surface area contributed by atoms with Gasteiger partial charge in [-0.15, -0.1) is 0 Å². The van der Waals surface area contributed by atoms with E-state index >= 15 is 0 Å². The third-order valence-corrected chi connectivity index (χ3v) is 4.80. The van der Waals surface area contributed by atoms with Gasteiger partial charge in [-0.05, 0) is 43.1 Å². The molecular weight excluding hydrogens is 249 g/mol. The second kappa shape index (κ2) is 4.32. The number of halogens is 1. The number of esters is 1. The number of rotatable bonds is 2. The van der Waals surface area contributed by atoms with Gasteiger partial charge in [0.25, 0.3) is 0 Å². The molecule has 1 aliphatic heterocycles. The molecule has 5 heteroatoms. The number of hydrogen-bond acceptors (Lipinski definition) is 3. The van der Waals surface area contributed by atoms with Gasteiger partial charge in [-0.25, -0.2) is 4.39 Å². The highest BCUT2D eigenvalue weighted by Crippen LogP contribution is 2.50. The molecule has 2 saturated carbocycles. The van der Waals surface area contributed by atoms with Crippen molar-refractivity contribution in [3.8, 4) is 0 Å². The van der Waals surface area contributed by atoms with Crippen molar-refractivity contribution < 1.29 is 18.7 Å². The molecule has 1 amide bonds. The fraction of sp³-hybridized carbons (Fsp3) is 0.714. The van der Waals surface area contributed by atoms with Crippen LogP contribution in [0.2, 0.25) is 0 Å². The van der Waals surface area contributed by atoms with Gasteiger partial charge in [0.15, 0.2) is 0 Å². The average Bonchev–Trinajstić information content (AvgIpc) is 2.99. The molecule has 0 N–H and O–H groups in total. The van der Waals surface area contributed by atoms with E-state index in [1.165, 1.54) is 7.11 Å². The molecule has 3 aliphatic rings. The minimum atomic E-state index is -0.897. The molecule has 3 fully saturated rings. The summed E-state index contributed by atoms with van der Waals surface area (Å²) in [7, 11) is 1.33. The van der Waals surface area contributed by atoms with E-state index < -0.39 is 11.4 Å². The molecule has 104 valence electrons. The van der Waals surface area contributed by atoms with Crippen molar-refractivity contribution in [3.05, 3.63) is 11.9 Å². The van der Waals surface area contributed by atoms with Gasteiger partial charge in [0.2, 0.25) is 5.91 Å². The number of amides is 1. The summed E-state index contributed by atoms with van der Waals surface area (Å²) < 4.78 is 17.2. The molecule has 3 rings (SSSR count). The van der Waals surface area contributed by atoms with Crippen LogP contribution >= 0.6 is 0 Å². The summed E-state index contributed by atoms with van der Waals surface area (Å²) in [6, 6.07) is 0. The highest BCUT2D eigenvalue weighted by molar-refractivity contribution is 6.05. The van der Waals surface area contributed by atoms with Crippen LogP contribution in [0, 0.1) is 17.3 Å². The Morgan fingerprint density at radius 3 is 2.32 bits per heavy atom. The smallest absolute Gasteiger partial charge is 0.321 e. The lowest BCUT2D eigenvalue weighted by Gasteiger charge is -2.22. The van der Waals surface area contributed by atoms with Crippen LogP contribution in [0.4, 0.5) is 4.39 Å². The number of likely N-dealkylation sites (tertiary alicyclic amines) is 1. The van der Waals surface area contributed by atoms with E-state index in [9.17, 15) is 14.0 Å². The SMILES string of the molecule is COC(=O)C1(C(=O)N2CC3CC(=CF)CC3C2)CC1. The quantitative estimate of drug-likeness (QED) is 0.564. The number of fused-ring (bicyclic) bond motifs is 1. The summed E-state index contributed by atoms with van der Waals surface area (Å²) in [5, 5.41) is 0. The summed E-state index contributed by atoms with van der Waals surface area (Å²) in [6.45, 7) is 1.30. The van der Waals surface area contributed by atoms with Gasteiger partial charge >= 0.3 is 5.97 Å². The average molecular weight is 267 g/mol. The van der Waals surface area contributed by atoms with Crippen LogP contribution < -0.4 is 0 Å². The zero-order valence-corrected chi connectivity index (χ0v) is 11.0. The molecule has 0 aromatic rings. The number of methoxy groups -OCH3 is 1. The minimum Gasteiger partial charge on any atom is -0.468 e. The van der Waals surface area contributed by atoms with Gasteiger partial charge in [0.1, 0.15) is 5.41 Å². The Balaban J connectivity index is 1.67. The van der Waals surface area contributed by atoms with Crippen LogP contribution in [0.3, 0.4) is 0 Å². The number of carbonyl (C=O) groups is 2. The van der Waals surface area contributed by atoms with Crippen molar-refractivity contribution >= 4 is 11.9 Å². The first-order chi connectivity index (χ1) is 9.10. The lowest BCUT2D eigenvalue weighted by Crippen LogP contribution is -2.40. The maximum absolute atomic E-state index is 12.5. The zero-order valence-electron chi connectivity index (χ0n) is 11.0. The van der Waals surface area contributed by atoms with E-state index in [1.54, 1.807) is 4.90 Å². The van der Waals surface area contributed by atoms with E-state index in [4.69, 9.17) is 4.74 Å². The maximum Gasteiger partial charge on any atom is 0.321 e. The Labute approximate surface area is 111 Å². The third kappa shape index (κ3) is 1.86. The second-order valence-electron chi connectivity index (χ2n) is 5.98. The first kappa shape index (κ1) is 12.6. The number of hydrogen-bond donors (Lipinski definition) is 0. The van der Waals surface area contributed by atoms with Crippen molar-refractivity contribution in [1.29, 1.82) is 0 Å². The van der Waals surface area contributed by atoms with Crippen molar-refractivity contribution in [3.63, 3.8) is 0 Å². The molecule has 4 nitrogen and oxygen atoms in total. The Morgan fingerprint density at radius 1 is 1.32 bits per heavy atom. The highest BCUT2D eigenvalue weighted by atomic mass is 19.1. The van der Waals surface area contributed by atoms with E-state index in [2.05, 4.69) is 0 Å². The minimum absolute atomic E-state index is 0.0838. The Bertz CT molecular complexity index is 440. The number of nitrogens with zero attached hydrogens (tertiary/aromatic N) is 1. The predicted octanol–water partition coefficient (Wildman–Crippen LogP) is 1.66. The highest BCUT2D eigenvalue weighted by Gasteiger charge is 2.60. The molecule has 2 atom stereocenters. The largest absolute Gasteiger partial charge is 0.468 e. The van der Waals surface area contributed by atoms with E-state index in [-0.39, 0.29) is 5.91 Å². The second-order valence-corrected chi connectivity index (χ2v) is 5.98. The first-order valence-corrected chi connectivity index (χ1v) is 6.76. The van der Waals surface area contributed by atoms with Crippen LogP contribution in [0.1, 0.15) is 25.7 Å². The monoisotopic (exact) mass is 267 g/mol. The maximum atomic E-state index is 12.5. The fourth-order valence-corrected chi connectivity index (χ4v) is 3.54. The molecule has 2 aliphatic carbocycles. The molecule has 0 aromatic heterocycles. The third-order valence-electron chi connectivity index (χ3n) is 4.80. The van der Waals surface area contributed by atoms with E-state index in [1.807, 2.05) is 0 Å². The zero-order chi connectivity index (χ0) is 13.6. The molecule has 0 radical (unpaired) electrons. The van der Waals surface area contributed by atoms with Crippen LogP contribution in [-0.2, 0) is 14.3 Å². The van der Waals surface area contributed by atoms with E-state index in [0.717, 1.165) is 18.4 Å². The van der Waals surface area contributed by atoms with Gasteiger partial charge in [0, 0.05) is 13.1 Å². The van der Waals surface area contributed by atoms with Crippen molar-refractivity contribution in [2.24, 2.45) is 17.3 Å². The molecule has 0 spiro atoms. The first-order valence-electron chi connectivity index (χ1n) is 6.76. The van der Waals surface area contributed by atoms with Gasteiger partial charge in [-0.1, -0.05) is 0 Å². The number of allylic oxidation sites excluding steroid dienone is 1. The molecule has 1 saturated heterocycles. The fourth-order valence-electron chi connectivity index (χ4n) is 3.54. The molecule has 2 unspecified atom stereocenters. The van der Waals surface area contributed by atoms with Crippen molar-refractivity contribution in [1.82, 2.24) is 4.90 Å². The summed E-state index contributed by atoms with van der Waals surface area (Å²) >= 11 is 0. The lowest BCUT2D eigenvalue weighted by molar-refractivity contribution is -0.155. The van der Waals surface area contributed by atoms with Gasteiger partial charge < -0.3 is 9.64 Å². The summed E-state index contributed by atoms with van der Waals surface area (Å²) in [6.07, 6.45) is 3.40. The topological polar surface area (TPSA) is 46.6 Å². The van der Waals surface area contributed by atoms with Crippen LogP contribution in [0.15, 0.2) is 11.9 Å². The van der Waals surface area contributed by atoms with Crippen molar-refractivity contribution in [2.45, 2.75) is 25.7 Å². The van der Waals surface area contributed by atoms with Crippen LogP contribution in [0.25, 0.3) is 0 Å². The van der Waals surface area contributed by atoms with E-state index in [0.29, 0.717) is 44.1 Å². The van der Waals surface area contributed by atoms with Crippen LogP contribution in [-0.4, -0.2) is 37.0 Å². The van der Waals surface area contributed by atoms with Gasteiger partial charge in [0.05, 0.1) is 13.4 Å². The van der Waals surface area contributed by atoms with Gasteiger partial charge in [-0.2, -0.15) is 0 Å². The van der Waals surface area contributed by atoms with Crippen molar-refractivity contribution in [2.75, 3.05) is 20.2 Å². The molecule has 19 heavy (non-hydrogen) atoms. The number of carbonyl (C=O) groups excluding carboxylic acids is 2.